The van der Waals surface area contributed by atoms with Gasteiger partial charge in [-0.25, -0.2) is 4.39 Å². The molecule has 1 aliphatic carbocycles. The summed E-state index contributed by atoms with van der Waals surface area (Å²) in [6.45, 7) is 1.94. The van der Waals surface area contributed by atoms with Gasteiger partial charge in [0.15, 0.2) is 0 Å². The standard InChI is InChI=1S/C11H12FNO/c1-8-2-3-9(12)6-10(8)11(4-5-11)7-13-14/h2-3,6-7,14H,4-5H2,1H3/b13-7+. The molecule has 0 amide bonds. The van der Waals surface area contributed by atoms with Gasteiger partial charge in [0.1, 0.15) is 5.82 Å². The van der Waals surface area contributed by atoms with Crippen LogP contribution in [-0.4, -0.2) is 11.4 Å². The highest BCUT2D eigenvalue weighted by molar-refractivity contribution is 5.77. The molecule has 0 atom stereocenters. The van der Waals surface area contributed by atoms with Crippen molar-refractivity contribution in [1.82, 2.24) is 0 Å². The van der Waals surface area contributed by atoms with Crippen LogP contribution in [0.3, 0.4) is 0 Å². The second kappa shape index (κ2) is 3.08. The first-order chi connectivity index (χ1) is 6.68. The lowest BCUT2D eigenvalue weighted by molar-refractivity contribution is 0.319. The first-order valence-electron chi connectivity index (χ1n) is 4.63. The number of oxime groups is 1. The lowest BCUT2D eigenvalue weighted by atomic mass is 9.93. The Morgan fingerprint density at radius 3 is 2.79 bits per heavy atom. The molecule has 0 bridgehead atoms. The van der Waals surface area contributed by atoms with E-state index in [-0.39, 0.29) is 11.2 Å². The number of hydrogen-bond acceptors (Lipinski definition) is 2. The lowest BCUT2D eigenvalue weighted by Crippen LogP contribution is -2.10. The average Bonchev–Trinajstić information content (AvgIpc) is 2.91. The summed E-state index contributed by atoms with van der Waals surface area (Å²) in [7, 11) is 0. The number of halogens is 1. The second-order valence-electron chi connectivity index (χ2n) is 3.86. The van der Waals surface area contributed by atoms with Crippen molar-refractivity contribution < 1.29 is 9.60 Å². The molecule has 2 nitrogen and oxygen atoms in total. The van der Waals surface area contributed by atoms with Gasteiger partial charge < -0.3 is 5.21 Å². The minimum absolute atomic E-state index is 0.207. The minimum Gasteiger partial charge on any atom is -0.411 e. The zero-order chi connectivity index (χ0) is 10.2. The molecular weight excluding hydrogens is 181 g/mol. The Kier molecular flexibility index (Phi) is 2.02. The SMILES string of the molecule is Cc1ccc(F)cc1C1(/C=N/O)CC1. The zero-order valence-electron chi connectivity index (χ0n) is 8.00. The molecule has 1 fully saturated rings. The Morgan fingerprint density at radius 1 is 1.50 bits per heavy atom. The number of hydrogen-bond donors (Lipinski definition) is 1. The van der Waals surface area contributed by atoms with Crippen LogP contribution in [0.1, 0.15) is 24.0 Å². The van der Waals surface area contributed by atoms with Crippen molar-refractivity contribution in [2.75, 3.05) is 0 Å². The molecule has 0 spiro atoms. The molecular formula is C11H12FNO. The predicted molar refractivity (Wildman–Crippen MR) is 52.3 cm³/mol. The maximum atomic E-state index is 13.0. The van der Waals surface area contributed by atoms with Crippen molar-refractivity contribution in [2.24, 2.45) is 5.16 Å². The van der Waals surface area contributed by atoms with Gasteiger partial charge in [0, 0.05) is 5.41 Å². The number of rotatable bonds is 2. The van der Waals surface area contributed by atoms with E-state index in [1.807, 2.05) is 6.92 Å². The van der Waals surface area contributed by atoms with Gasteiger partial charge in [-0.3, -0.25) is 0 Å². The first-order valence-corrected chi connectivity index (χ1v) is 4.63. The molecule has 3 heteroatoms. The Bertz CT molecular complexity index is 383. The third kappa shape index (κ3) is 1.39. The van der Waals surface area contributed by atoms with Crippen molar-refractivity contribution in [2.45, 2.75) is 25.2 Å². The third-order valence-corrected chi connectivity index (χ3v) is 2.83. The normalized spacial score (nSPS) is 18.7. The van der Waals surface area contributed by atoms with E-state index in [1.165, 1.54) is 18.3 Å². The van der Waals surface area contributed by atoms with Gasteiger partial charge in [-0.05, 0) is 43.0 Å². The summed E-state index contributed by atoms with van der Waals surface area (Å²) in [6, 6.07) is 4.74. The van der Waals surface area contributed by atoms with Crippen LogP contribution in [0.4, 0.5) is 4.39 Å². The zero-order valence-corrected chi connectivity index (χ0v) is 8.00. The molecule has 1 aromatic carbocycles. The van der Waals surface area contributed by atoms with Crippen LogP contribution in [0.2, 0.25) is 0 Å². The van der Waals surface area contributed by atoms with Crippen molar-refractivity contribution in [1.29, 1.82) is 0 Å². The van der Waals surface area contributed by atoms with Gasteiger partial charge in [-0.1, -0.05) is 6.07 Å². The maximum Gasteiger partial charge on any atom is 0.123 e. The molecule has 0 aliphatic heterocycles. The van der Waals surface area contributed by atoms with E-state index >= 15 is 0 Å². The fraction of sp³-hybridized carbons (Fsp3) is 0.364. The van der Waals surface area contributed by atoms with Crippen LogP contribution >= 0.6 is 0 Å². The summed E-state index contributed by atoms with van der Waals surface area (Å²) >= 11 is 0. The van der Waals surface area contributed by atoms with E-state index in [1.54, 1.807) is 6.07 Å². The van der Waals surface area contributed by atoms with Crippen LogP contribution in [-0.2, 0) is 5.41 Å². The Morgan fingerprint density at radius 2 is 2.21 bits per heavy atom. The van der Waals surface area contributed by atoms with Crippen LogP contribution in [0.25, 0.3) is 0 Å². The minimum atomic E-state index is -0.233. The van der Waals surface area contributed by atoms with E-state index < -0.39 is 0 Å². The maximum absolute atomic E-state index is 13.0. The number of nitrogens with zero attached hydrogens (tertiary/aromatic N) is 1. The van der Waals surface area contributed by atoms with Crippen LogP contribution in [0, 0.1) is 12.7 Å². The summed E-state index contributed by atoms with van der Waals surface area (Å²) in [6.07, 6.45) is 3.37. The topological polar surface area (TPSA) is 32.6 Å². The molecule has 0 aromatic heterocycles. The second-order valence-corrected chi connectivity index (χ2v) is 3.86. The van der Waals surface area contributed by atoms with Crippen LogP contribution in [0.5, 0.6) is 0 Å². The summed E-state index contributed by atoms with van der Waals surface area (Å²) < 4.78 is 13.0. The monoisotopic (exact) mass is 193 g/mol. The molecule has 0 unspecified atom stereocenters. The highest BCUT2D eigenvalue weighted by Gasteiger charge is 2.44. The molecule has 0 heterocycles. The van der Waals surface area contributed by atoms with Crippen molar-refractivity contribution in [3.8, 4) is 0 Å². The molecule has 74 valence electrons. The largest absolute Gasteiger partial charge is 0.411 e. The molecule has 1 N–H and O–H groups in total. The lowest BCUT2D eigenvalue weighted by Gasteiger charge is -2.12. The fourth-order valence-corrected chi connectivity index (χ4v) is 1.84. The highest BCUT2D eigenvalue weighted by atomic mass is 19.1. The van der Waals surface area contributed by atoms with E-state index in [4.69, 9.17) is 5.21 Å². The quantitative estimate of drug-likeness (QED) is 0.437. The molecule has 0 saturated heterocycles. The van der Waals surface area contributed by atoms with Crippen LogP contribution in [0.15, 0.2) is 23.4 Å². The Hall–Kier alpha value is -1.38. The van der Waals surface area contributed by atoms with E-state index in [0.717, 1.165) is 24.0 Å². The molecule has 1 aliphatic rings. The Balaban J connectivity index is 2.45. The molecule has 14 heavy (non-hydrogen) atoms. The van der Waals surface area contributed by atoms with Gasteiger partial charge in [0.2, 0.25) is 0 Å². The summed E-state index contributed by atoms with van der Waals surface area (Å²) in [5, 5.41) is 11.6. The van der Waals surface area contributed by atoms with Gasteiger partial charge in [0.25, 0.3) is 0 Å². The fourth-order valence-electron chi connectivity index (χ4n) is 1.84. The highest BCUT2D eigenvalue weighted by Crippen LogP contribution is 2.47. The molecule has 1 saturated carbocycles. The predicted octanol–water partition coefficient (Wildman–Crippen LogP) is 2.63. The van der Waals surface area contributed by atoms with E-state index in [0.29, 0.717) is 0 Å². The average molecular weight is 193 g/mol. The van der Waals surface area contributed by atoms with Crippen molar-refractivity contribution in [3.05, 3.63) is 35.1 Å². The van der Waals surface area contributed by atoms with Crippen molar-refractivity contribution in [3.63, 3.8) is 0 Å². The van der Waals surface area contributed by atoms with Gasteiger partial charge in [-0.2, -0.15) is 0 Å². The van der Waals surface area contributed by atoms with Gasteiger partial charge in [0.05, 0.1) is 6.21 Å². The Labute approximate surface area is 82.1 Å². The van der Waals surface area contributed by atoms with Gasteiger partial charge in [-0.15, -0.1) is 5.16 Å². The number of aryl methyl sites for hydroxylation is 1. The summed E-state index contributed by atoms with van der Waals surface area (Å²) in [5.74, 6) is -0.233. The first kappa shape index (κ1) is 9.19. The van der Waals surface area contributed by atoms with Crippen LogP contribution < -0.4 is 0 Å². The van der Waals surface area contributed by atoms with Crippen molar-refractivity contribution >= 4 is 6.21 Å². The van der Waals surface area contributed by atoms with E-state index in [9.17, 15) is 4.39 Å². The smallest absolute Gasteiger partial charge is 0.123 e. The number of benzene rings is 1. The summed E-state index contributed by atoms with van der Waals surface area (Å²) in [4.78, 5) is 0. The molecule has 0 radical (unpaired) electrons. The molecule has 1 aromatic rings. The van der Waals surface area contributed by atoms with E-state index in [2.05, 4.69) is 5.16 Å². The summed E-state index contributed by atoms with van der Waals surface area (Å²) in [5.41, 5.74) is 1.78. The van der Waals surface area contributed by atoms with Gasteiger partial charge >= 0.3 is 0 Å². The third-order valence-electron chi connectivity index (χ3n) is 2.83. The molecule has 2 rings (SSSR count).